The first-order chi connectivity index (χ1) is 8.79. The average Bonchev–Trinajstić information content (AvgIpc) is 2.81. The minimum Gasteiger partial charge on any atom is -0.354 e. The number of hydrogen-bond acceptors (Lipinski definition) is 2. The largest absolute Gasteiger partial charge is 0.354 e. The van der Waals surface area contributed by atoms with Crippen molar-refractivity contribution in [2.75, 3.05) is 6.61 Å². The molecule has 2 aliphatic rings. The van der Waals surface area contributed by atoms with Gasteiger partial charge in [0.25, 0.3) is 0 Å². The molecule has 2 heteroatoms. The third kappa shape index (κ3) is 1.98. The average molecular weight is 245 g/mol. The first kappa shape index (κ1) is 12.2. The lowest BCUT2D eigenvalue weighted by Crippen LogP contribution is -2.50. The van der Waals surface area contributed by atoms with Gasteiger partial charge >= 0.3 is 0 Å². The zero-order valence-electron chi connectivity index (χ0n) is 11.2. The third-order valence-corrected chi connectivity index (χ3v) is 4.61. The van der Waals surface area contributed by atoms with Crippen LogP contribution in [0, 0.1) is 0 Å². The predicted molar refractivity (Wildman–Crippen MR) is 73.3 cm³/mol. The van der Waals surface area contributed by atoms with E-state index in [9.17, 15) is 0 Å². The highest BCUT2D eigenvalue weighted by Gasteiger charge is 2.48. The Kier molecular flexibility index (Phi) is 3.16. The molecule has 1 saturated carbocycles. The van der Waals surface area contributed by atoms with Crippen LogP contribution in [0.2, 0.25) is 0 Å². The van der Waals surface area contributed by atoms with Crippen LogP contribution >= 0.6 is 0 Å². The van der Waals surface area contributed by atoms with Crippen LogP contribution in [0.25, 0.3) is 0 Å². The Morgan fingerprint density at radius 3 is 2.50 bits per heavy atom. The van der Waals surface area contributed by atoms with E-state index >= 15 is 0 Å². The molecule has 1 aliphatic carbocycles. The molecule has 2 fully saturated rings. The lowest BCUT2D eigenvalue weighted by Gasteiger charge is -2.36. The second-order valence-electron chi connectivity index (χ2n) is 5.80. The van der Waals surface area contributed by atoms with E-state index in [1.54, 1.807) is 0 Å². The van der Waals surface area contributed by atoms with Gasteiger partial charge in [0, 0.05) is 5.54 Å². The fraction of sp³-hybridized carbons (Fsp3) is 0.625. The molecule has 1 aromatic carbocycles. The van der Waals surface area contributed by atoms with Crippen LogP contribution in [0.3, 0.4) is 0 Å². The molecule has 0 amide bonds. The maximum absolute atomic E-state index is 6.26. The van der Waals surface area contributed by atoms with Crippen molar-refractivity contribution in [3.05, 3.63) is 35.9 Å². The predicted octanol–water partition coefficient (Wildman–Crippen LogP) is 3.57. The molecule has 0 bridgehead atoms. The lowest BCUT2D eigenvalue weighted by molar-refractivity contribution is -0.0181. The highest BCUT2D eigenvalue weighted by Crippen LogP contribution is 2.41. The molecule has 1 saturated heterocycles. The fourth-order valence-corrected chi connectivity index (χ4v) is 3.52. The van der Waals surface area contributed by atoms with E-state index in [0.717, 1.165) is 13.0 Å². The van der Waals surface area contributed by atoms with Gasteiger partial charge in [-0.25, -0.2) is 0 Å². The number of hydrogen-bond donors (Lipinski definition) is 1. The van der Waals surface area contributed by atoms with Gasteiger partial charge < -0.3 is 4.74 Å². The monoisotopic (exact) mass is 245 g/mol. The van der Waals surface area contributed by atoms with Crippen LogP contribution in [0.5, 0.6) is 0 Å². The molecule has 98 valence electrons. The summed E-state index contributed by atoms with van der Waals surface area (Å²) in [7, 11) is 0. The Balaban J connectivity index is 1.86. The molecule has 1 N–H and O–H groups in total. The smallest absolute Gasteiger partial charge is 0.145 e. The number of ether oxygens (including phenoxy) is 1. The van der Waals surface area contributed by atoms with Crippen LogP contribution in [-0.2, 0) is 10.5 Å². The van der Waals surface area contributed by atoms with Gasteiger partial charge in [0.05, 0.1) is 6.61 Å². The van der Waals surface area contributed by atoms with E-state index in [0.29, 0.717) is 0 Å². The molecule has 1 atom stereocenters. The minimum atomic E-state index is -0.251. The summed E-state index contributed by atoms with van der Waals surface area (Å²) < 4.78 is 6.26. The Labute approximate surface area is 110 Å². The second-order valence-corrected chi connectivity index (χ2v) is 5.80. The van der Waals surface area contributed by atoms with E-state index in [2.05, 4.69) is 42.6 Å². The quantitative estimate of drug-likeness (QED) is 0.860. The number of benzene rings is 1. The molecular weight excluding hydrogens is 222 g/mol. The Bertz CT molecular complexity index is 397. The summed E-state index contributed by atoms with van der Waals surface area (Å²) in [5.41, 5.74) is 1.26. The summed E-state index contributed by atoms with van der Waals surface area (Å²) in [5, 5.41) is 3.86. The number of rotatable bonds is 2. The topological polar surface area (TPSA) is 21.3 Å². The van der Waals surface area contributed by atoms with Crippen LogP contribution in [0.15, 0.2) is 30.3 Å². The van der Waals surface area contributed by atoms with Crippen molar-refractivity contribution >= 4 is 0 Å². The van der Waals surface area contributed by atoms with Crippen molar-refractivity contribution in [2.24, 2.45) is 0 Å². The van der Waals surface area contributed by atoms with Gasteiger partial charge in [0.1, 0.15) is 5.72 Å². The highest BCUT2D eigenvalue weighted by molar-refractivity contribution is 5.24. The summed E-state index contributed by atoms with van der Waals surface area (Å²) >= 11 is 0. The van der Waals surface area contributed by atoms with E-state index in [4.69, 9.17) is 4.74 Å². The fourth-order valence-electron chi connectivity index (χ4n) is 3.52. The van der Waals surface area contributed by atoms with Crippen LogP contribution < -0.4 is 5.32 Å². The molecule has 18 heavy (non-hydrogen) atoms. The maximum atomic E-state index is 6.26. The lowest BCUT2D eigenvalue weighted by atomic mass is 9.82. The van der Waals surface area contributed by atoms with Crippen molar-refractivity contribution in [1.82, 2.24) is 5.32 Å². The standard InChI is InChI=1S/C16H23NO/c1-2-16(14-9-5-3-6-10-14)17-15(13-18-16)11-7-4-8-12-15/h3,5-6,9-10,17H,2,4,7-8,11-13H2,1H3/t16-/m0/s1. The van der Waals surface area contributed by atoms with Gasteiger partial charge in [-0.15, -0.1) is 0 Å². The van der Waals surface area contributed by atoms with Crippen molar-refractivity contribution < 1.29 is 4.74 Å². The van der Waals surface area contributed by atoms with Gasteiger partial charge in [-0.3, -0.25) is 5.32 Å². The molecule has 0 radical (unpaired) electrons. The summed E-state index contributed by atoms with van der Waals surface area (Å²) in [4.78, 5) is 0. The first-order valence-electron chi connectivity index (χ1n) is 7.27. The number of nitrogens with one attached hydrogen (secondary N) is 1. The van der Waals surface area contributed by atoms with E-state index in [1.165, 1.54) is 37.7 Å². The first-order valence-corrected chi connectivity index (χ1v) is 7.27. The van der Waals surface area contributed by atoms with Gasteiger partial charge in [0.15, 0.2) is 0 Å². The van der Waals surface area contributed by atoms with Crippen LogP contribution in [-0.4, -0.2) is 12.1 Å². The van der Waals surface area contributed by atoms with Gasteiger partial charge in [-0.05, 0) is 24.8 Å². The molecule has 3 rings (SSSR count). The Morgan fingerprint density at radius 1 is 1.11 bits per heavy atom. The van der Waals surface area contributed by atoms with E-state index in [-0.39, 0.29) is 11.3 Å². The van der Waals surface area contributed by atoms with Crippen LogP contribution in [0.4, 0.5) is 0 Å². The summed E-state index contributed by atoms with van der Waals surface area (Å²) in [6, 6.07) is 10.6. The Morgan fingerprint density at radius 2 is 1.83 bits per heavy atom. The summed E-state index contributed by atoms with van der Waals surface area (Å²) in [6.07, 6.45) is 7.58. The summed E-state index contributed by atoms with van der Waals surface area (Å²) in [5.74, 6) is 0. The normalized spacial score (nSPS) is 30.7. The van der Waals surface area contributed by atoms with Gasteiger partial charge in [-0.1, -0.05) is 56.5 Å². The van der Waals surface area contributed by atoms with Crippen LogP contribution in [0.1, 0.15) is 51.0 Å². The maximum Gasteiger partial charge on any atom is 0.145 e. The SMILES string of the molecule is CC[C@]1(c2ccccc2)NC2(CCCCC2)CO1. The van der Waals surface area contributed by atoms with Crippen molar-refractivity contribution in [3.8, 4) is 0 Å². The summed E-state index contributed by atoms with van der Waals surface area (Å²) in [6.45, 7) is 3.08. The van der Waals surface area contributed by atoms with Gasteiger partial charge in [0.2, 0.25) is 0 Å². The highest BCUT2D eigenvalue weighted by atomic mass is 16.5. The third-order valence-electron chi connectivity index (χ3n) is 4.61. The zero-order valence-corrected chi connectivity index (χ0v) is 11.2. The molecular formula is C16H23NO. The minimum absolute atomic E-state index is 0.240. The van der Waals surface area contributed by atoms with Crippen molar-refractivity contribution in [3.63, 3.8) is 0 Å². The molecule has 0 unspecified atom stereocenters. The zero-order chi connectivity index (χ0) is 12.5. The molecule has 0 aromatic heterocycles. The Hall–Kier alpha value is -0.860. The van der Waals surface area contributed by atoms with Gasteiger partial charge in [-0.2, -0.15) is 0 Å². The van der Waals surface area contributed by atoms with E-state index < -0.39 is 0 Å². The van der Waals surface area contributed by atoms with E-state index in [1.807, 2.05) is 0 Å². The molecule has 2 nitrogen and oxygen atoms in total. The molecule has 1 heterocycles. The second kappa shape index (κ2) is 4.67. The molecule has 1 aromatic rings. The molecule has 1 aliphatic heterocycles. The van der Waals surface area contributed by atoms with Crippen molar-refractivity contribution in [2.45, 2.75) is 56.7 Å². The molecule has 1 spiro atoms. The van der Waals surface area contributed by atoms with Crippen molar-refractivity contribution in [1.29, 1.82) is 0 Å².